The van der Waals surface area contributed by atoms with Crippen LogP contribution in [-0.2, 0) is 14.8 Å². The van der Waals surface area contributed by atoms with E-state index in [4.69, 9.17) is 0 Å². The minimum absolute atomic E-state index is 0.0481. The number of carbonyl (C=O) groups is 1. The third-order valence-corrected chi connectivity index (χ3v) is 7.99. The Morgan fingerprint density at radius 1 is 1.04 bits per heavy atom. The number of hydrogen-bond acceptors (Lipinski definition) is 3. The molecule has 5 nitrogen and oxygen atoms in total. The second-order valence-electron chi connectivity index (χ2n) is 8.64. The Hall–Kier alpha value is -1.40. The predicted molar refractivity (Wildman–Crippen MR) is 107 cm³/mol. The van der Waals surface area contributed by atoms with Gasteiger partial charge in [0.1, 0.15) is 0 Å². The predicted octanol–water partition coefficient (Wildman–Crippen LogP) is 3.21. The molecule has 1 aromatic rings. The first-order valence-corrected chi connectivity index (χ1v) is 11.5. The fourth-order valence-electron chi connectivity index (χ4n) is 4.67. The SMILES string of the molecule is Cc1ccc(S(=O)(=O)N2CCC(C(=O)N3CC(C)CC(C)C3)CC2)c(C)c1. The molecule has 2 aliphatic heterocycles. The standard InChI is InChI=1S/C21H32N2O3S/c1-15-5-6-20(18(4)12-15)27(25,26)23-9-7-19(8-10-23)21(24)22-13-16(2)11-17(3)14-22/h5-6,12,16-17,19H,7-11,13-14H2,1-4H3. The molecule has 3 rings (SSSR count). The molecule has 0 N–H and O–H groups in total. The molecular weight excluding hydrogens is 360 g/mol. The Bertz CT molecular complexity index is 788. The zero-order valence-electron chi connectivity index (χ0n) is 16.9. The van der Waals surface area contributed by atoms with E-state index in [2.05, 4.69) is 13.8 Å². The molecular formula is C21H32N2O3S. The number of sulfonamides is 1. The number of hydrogen-bond donors (Lipinski definition) is 0. The third kappa shape index (κ3) is 4.37. The van der Waals surface area contributed by atoms with Gasteiger partial charge in [-0.2, -0.15) is 4.31 Å². The van der Waals surface area contributed by atoms with E-state index >= 15 is 0 Å². The topological polar surface area (TPSA) is 57.7 Å². The van der Waals surface area contributed by atoms with Crippen molar-refractivity contribution >= 4 is 15.9 Å². The van der Waals surface area contributed by atoms with Gasteiger partial charge in [-0.25, -0.2) is 8.42 Å². The summed E-state index contributed by atoms with van der Waals surface area (Å²) < 4.78 is 27.6. The normalized spacial score (nSPS) is 25.6. The molecule has 2 fully saturated rings. The molecule has 27 heavy (non-hydrogen) atoms. The maximum absolute atomic E-state index is 13.0. The van der Waals surface area contributed by atoms with E-state index in [0.29, 0.717) is 42.7 Å². The number of amides is 1. The third-order valence-electron chi connectivity index (χ3n) is 5.93. The highest BCUT2D eigenvalue weighted by Gasteiger charge is 2.35. The molecule has 0 bridgehead atoms. The average molecular weight is 393 g/mol. The second kappa shape index (κ2) is 7.92. The van der Waals surface area contributed by atoms with Gasteiger partial charge in [-0.1, -0.05) is 31.5 Å². The van der Waals surface area contributed by atoms with Gasteiger partial charge in [0.2, 0.25) is 15.9 Å². The van der Waals surface area contributed by atoms with Crippen LogP contribution in [0.4, 0.5) is 0 Å². The van der Waals surface area contributed by atoms with E-state index in [0.717, 1.165) is 24.2 Å². The molecule has 0 radical (unpaired) electrons. The van der Waals surface area contributed by atoms with Crippen molar-refractivity contribution in [2.24, 2.45) is 17.8 Å². The van der Waals surface area contributed by atoms with Crippen LogP contribution in [0.15, 0.2) is 23.1 Å². The van der Waals surface area contributed by atoms with E-state index in [1.807, 2.05) is 30.9 Å². The van der Waals surface area contributed by atoms with Crippen molar-refractivity contribution in [1.29, 1.82) is 0 Å². The van der Waals surface area contributed by atoms with E-state index in [-0.39, 0.29) is 11.8 Å². The molecule has 1 aromatic carbocycles. The molecule has 2 saturated heterocycles. The van der Waals surface area contributed by atoms with Crippen molar-refractivity contribution in [3.63, 3.8) is 0 Å². The highest BCUT2D eigenvalue weighted by atomic mass is 32.2. The molecule has 2 aliphatic rings. The minimum atomic E-state index is -3.49. The summed E-state index contributed by atoms with van der Waals surface area (Å²) in [5.41, 5.74) is 1.84. The van der Waals surface area contributed by atoms with Crippen molar-refractivity contribution < 1.29 is 13.2 Å². The number of carbonyl (C=O) groups excluding carboxylic acids is 1. The van der Waals surface area contributed by atoms with Gasteiger partial charge in [0.25, 0.3) is 0 Å². The van der Waals surface area contributed by atoms with Crippen LogP contribution in [0.1, 0.15) is 44.2 Å². The summed E-state index contributed by atoms with van der Waals surface area (Å²) in [6.07, 6.45) is 2.40. The number of piperidine rings is 2. The molecule has 0 aromatic heterocycles. The number of nitrogens with zero attached hydrogens (tertiary/aromatic N) is 2. The van der Waals surface area contributed by atoms with Crippen LogP contribution < -0.4 is 0 Å². The Morgan fingerprint density at radius 2 is 1.63 bits per heavy atom. The van der Waals surface area contributed by atoms with Crippen molar-refractivity contribution in [2.75, 3.05) is 26.2 Å². The largest absolute Gasteiger partial charge is 0.342 e. The molecule has 1 amide bonds. The molecule has 0 spiro atoms. The van der Waals surface area contributed by atoms with E-state index in [9.17, 15) is 13.2 Å². The molecule has 0 saturated carbocycles. The summed E-state index contributed by atoms with van der Waals surface area (Å²) >= 11 is 0. The smallest absolute Gasteiger partial charge is 0.243 e. The van der Waals surface area contributed by atoms with Gasteiger partial charge in [0.15, 0.2) is 0 Å². The lowest BCUT2D eigenvalue weighted by Gasteiger charge is -2.39. The summed E-state index contributed by atoms with van der Waals surface area (Å²) in [7, 11) is -3.49. The first-order chi connectivity index (χ1) is 12.7. The van der Waals surface area contributed by atoms with E-state index < -0.39 is 10.0 Å². The van der Waals surface area contributed by atoms with E-state index in [1.165, 1.54) is 6.42 Å². The highest BCUT2D eigenvalue weighted by molar-refractivity contribution is 7.89. The first-order valence-electron chi connectivity index (χ1n) is 10.0. The van der Waals surface area contributed by atoms with Crippen LogP contribution in [0.25, 0.3) is 0 Å². The van der Waals surface area contributed by atoms with Crippen LogP contribution in [0.3, 0.4) is 0 Å². The molecule has 2 unspecified atom stereocenters. The Kier molecular flexibility index (Phi) is 5.96. The average Bonchev–Trinajstić information content (AvgIpc) is 2.60. The Labute approximate surface area is 163 Å². The summed E-state index contributed by atoms with van der Waals surface area (Å²) in [6, 6.07) is 5.45. The van der Waals surface area contributed by atoms with Crippen LogP contribution >= 0.6 is 0 Å². The van der Waals surface area contributed by atoms with Gasteiger partial charge in [-0.3, -0.25) is 4.79 Å². The Morgan fingerprint density at radius 3 is 2.19 bits per heavy atom. The monoisotopic (exact) mass is 392 g/mol. The number of aryl methyl sites for hydroxylation is 2. The highest BCUT2D eigenvalue weighted by Crippen LogP contribution is 2.29. The lowest BCUT2D eigenvalue weighted by molar-refractivity contribution is -0.139. The lowest BCUT2D eigenvalue weighted by Crippen LogP contribution is -2.48. The summed E-state index contributed by atoms with van der Waals surface area (Å²) in [6.45, 7) is 10.7. The van der Waals surface area contributed by atoms with Gasteiger partial charge >= 0.3 is 0 Å². The molecule has 6 heteroatoms. The van der Waals surface area contributed by atoms with Crippen molar-refractivity contribution in [3.8, 4) is 0 Å². The second-order valence-corrected chi connectivity index (χ2v) is 10.5. The van der Waals surface area contributed by atoms with E-state index in [1.54, 1.807) is 10.4 Å². The molecule has 2 atom stereocenters. The minimum Gasteiger partial charge on any atom is -0.342 e. The zero-order chi connectivity index (χ0) is 19.8. The maximum atomic E-state index is 13.0. The summed E-state index contributed by atoms with van der Waals surface area (Å²) in [5.74, 6) is 1.26. The number of benzene rings is 1. The van der Waals surface area contributed by atoms with Crippen molar-refractivity contribution in [3.05, 3.63) is 29.3 Å². The maximum Gasteiger partial charge on any atom is 0.243 e. The molecule has 150 valence electrons. The van der Waals surface area contributed by atoms with Gasteiger partial charge in [0, 0.05) is 32.1 Å². The summed E-state index contributed by atoms with van der Waals surface area (Å²) in [4.78, 5) is 15.3. The van der Waals surface area contributed by atoms with Crippen LogP contribution in [0.5, 0.6) is 0 Å². The van der Waals surface area contributed by atoms with Gasteiger partial charge in [-0.05, 0) is 56.6 Å². The fraction of sp³-hybridized carbons (Fsp3) is 0.667. The Balaban J connectivity index is 1.65. The van der Waals surface area contributed by atoms with Crippen molar-refractivity contribution in [2.45, 2.75) is 51.9 Å². The molecule has 2 heterocycles. The van der Waals surface area contributed by atoms with Crippen LogP contribution in [0.2, 0.25) is 0 Å². The van der Waals surface area contributed by atoms with Gasteiger partial charge < -0.3 is 4.90 Å². The zero-order valence-corrected chi connectivity index (χ0v) is 17.8. The summed E-state index contributed by atoms with van der Waals surface area (Å²) in [5, 5.41) is 0. The first kappa shape index (κ1) is 20.3. The van der Waals surface area contributed by atoms with Gasteiger partial charge in [0.05, 0.1) is 4.90 Å². The van der Waals surface area contributed by atoms with Crippen LogP contribution in [-0.4, -0.2) is 49.7 Å². The quantitative estimate of drug-likeness (QED) is 0.794. The van der Waals surface area contributed by atoms with Crippen molar-refractivity contribution in [1.82, 2.24) is 9.21 Å². The van der Waals surface area contributed by atoms with Gasteiger partial charge in [-0.15, -0.1) is 0 Å². The number of likely N-dealkylation sites (tertiary alicyclic amines) is 1. The lowest BCUT2D eigenvalue weighted by atomic mass is 9.89. The van der Waals surface area contributed by atoms with Crippen LogP contribution in [0, 0.1) is 31.6 Å². The fourth-order valence-corrected chi connectivity index (χ4v) is 6.35. The molecule has 0 aliphatic carbocycles. The number of rotatable bonds is 3.